The van der Waals surface area contributed by atoms with Gasteiger partial charge in [0, 0.05) is 17.8 Å². The van der Waals surface area contributed by atoms with Crippen LogP contribution < -0.4 is 0 Å². The van der Waals surface area contributed by atoms with Crippen LogP contribution in [0.1, 0.15) is 11.1 Å². The number of nitro groups is 1. The van der Waals surface area contributed by atoms with Gasteiger partial charge in [-0.2, -0.15) is 5.26 Å². The van der Waals surface area contributed by atoms with E-state index in [9.17, 15) is 15.4 Å². The number of non-ortho nitro benzene ring substituents is 1. The third-order valence-electron chi connectivity index (χ3n) is 3.67. The van der Waals surface area contributed by atoms with E-state index in [2.05, 4.69) is 11.1 Å². The van der Waals surface area contributed by atoms with Crippen molar-refractivity contribution in [1.29, 1.82) is 5.26 Å². The minimum Gasteiger partial charge on any atom is -0.353 e. The predicted octanol–water partition coefficient (Wildman–Crippen LogP) is 4.44. The summed E-state index contributed by atoms with van der Waals surface area (Å²) in [5, 5.41) is 20.1. The normalized spacial score (nSPS) is 10.3. The molecule has 5 heteroatoms. The fourth-order valence-corrected chi connectivity index (χ4v) is 2.41. The van der Waals surface area contributed by atoms with Crippen LogP contribution in [0.15, 0.2) is 54.6 Å². The van der Waals surface area contributed by atoms with Gasteiger partial charge in [0.25, 0.3) is 5.69 Å². The Bertz CT molecular complexity index is 901. The Kier molecular flexibility index (Phi) is 3.65. The zero-order valence-corrected chi connectivity index (χ0v) is 12.4. The molecule has 23 heavy (non-hydrogen) atoms. The summed E-state index contributed by atoms with van der Waals surface area (Å²) in [5.74, 6) is 0. The molecule has 0 aliphatic rings. The minimum absolute atomic E-state index is 0.0413. The van der Waals surface area contributed by atoms with Gasteiger partial charge in [0.15, 0.2) is 0 Å². The number of H-pyrrole nitrogens is 1. The average molecular weight is 303 g/mol. The average Bonchev–Trinajstić information content (AvgIpc) is 3.00. The number of hydrogen-bond donors (Lipinski definition) is 1. The topological polar surface area (TPSA) is 82.7 Å². The molecule has 3 aromatic rings. The molecule has 0 unspecified atom stereocenters. The molecule has 0 atom stereocenters. The second-order valence-corrected chi connectivity index (χ2v) is 5.25. The molecule has 1 heterocycles. The van der Waals surface area contributed by atoms with Crippen LogP contribution in [0.4, 0.5) is 5.69 Å². The molecule has 0 radical (unpaired) electrons. The Labute approximate surface area is 133 Å². The van der Waals surface area contributed by atoms with Gasteiger partial charge < -0.3 is 4.98 Å². The Morgan fingerprint density at radius 3 is 2.22 bits per heavy atom. The molecule has 1 aromatic heterocycles. The molecule has 0 bridgehead atoms. The van der Waals surface area contributed by atoms with E-state index in [1.165, 1.54) is 12.1 Å². The number of nitrogens with zero attached hydrogens (tertiary/aromatic N) is 2. The van der Waals surface area contributed by atoms with Gasteiger partial charge in [-0.3, -0.25) is 10.1 Å². The maximum Gasteiger partial charge on any atom is 0.269 e. The van der Waals surface area contributed by atoms with E-state index in [-0.39, 0.29) is 5.69 Å². The van der Waals surface area contributed by atoms with Crippen LogP contribution in [-0.2, 0) is 0 Å². The van der Waals surface area contributed by atoms with Gasteiger partial charge in [0.05, 0.1) is 16.2 Å². The van der Waals surface area contributed by atoms with Gasteiger partial charge in [-0.25, -0.2) is 0 Å². The summed E-state index contributed by atoms with van der Waals surface area (Å²) in [7, 11) is 0. The van der Waals surface area contributed by atoms with Crippen LogP contribution in [0.3, 0.4) is 0 Å². The van der Waals surface area contributed by atoms with Crippen LogP contribution in [0, 0.1) is 28.4 Å². The monoisotopic (exact) mass is 303 g/mol. The van der Waals surface area contributed by atoms with Crippen LogP contribution in [0.5, 0.6) is 0 Å². The molecule has 0 aliphatic heterocycles. The van der Waals surface area contributed by atoms with E-state index in [0.29, 0.717) is 5.56 Å². The number of benzene rings is 2. The summed E-state index contributed by atoms with van der Waals surface area (Å²) in [6.45, 7) is 2.01. The van der Waals surface area contributed by atoms with Gasteiger partial charge in [-0.1, -0.05) is 29.8 Å². The van der Waals surface area contributed by atoms with E-state index in [0.717, 1.165) is 28.1 Å². The van der Waals surface area contributed by atoms with Crippen molar-refractivity contribution in [2.24, 2.45) is 0 Å². The van der Waals surface area contributed by atoms with Gasteiger partial charge in [-0.05, 0) is 36.2 Å². The summed E-state index contributed by atoms with van der Waals surface area (Å²) in [4.78, 5) is 13.5. The maximum atomic E-state index is 10.7. The first kappa shape index (κ1) is 14.5. The van der Waals surface area contributed by atoms with Crippen LogP contribution >= 0.6 is 0 Å². The van der Waals surface area contributed by atoms with Gasteiger partial charge >= 0.3 is 0 Å². The van der Waals surface area contributed by atoms with Crippen LogP contribution in [-0.4, -0.2) is 9.91 Å². The second kappa shape index (κ2) is 5.78. The molecule has 2 aromatic carbocycles. The second-order valence-electron chi connectivity index (χ2n) is 5.25. The summed E-state index contributed by atoms with van der Waals surface area (Å²) in [6, 6.07) is 18.1. The van der Waals surface area contributed by atoms with E-state index < -0.39 is 4.92 Å². The molecular weight excluding hydrogens is 290 g/mol. The van der Waals surface area contributed by atoms with Crippen molar-refractivity contribution in [2.45, 2.75) is 6.92 Å². The highest BCUT2D eigenvalue weighted by Gasteiger charge is 2.12. The molecule has 3 rings (SSSR count). The van der Waals surface area contributed by atoms with Crippen molar-refractivity contribution >= 4 is 5.69 Å². The fourth-order valence-electron chi connectivity index (χ4n) is 2.41. The molecule has 0 fully saturated rings. The van der Waals surface area contributed by atoms with Crippen LogP contribution in [0.25, 0.3) is 22.5 Å². The highest BCUT2D eigenvalue weighted by Crippen LogP contribution is 2.29. The Morgan fingerprint density at radius 2 is 1.65 bits per heavy atom. The van der Waals surface area contributed by atoms with E-state index >= 15 is 0 Å². The zero-order chi connectivity index (χ0) is 16.4. The molecule has 5 nitrogen and oxygen atoms in total. The van der Waals surface area contributed by atoms with Gasteiger partial charge in [0.1, 0.15) is 6.07 Å². The number of hydrogen-bond acceptors (Lipinski definition) is 3. The summed E-state index contributed by atoms with van der Waals surface area (Å²) in [5.41, 5.74) is 4.97. The lowest BCUT2D eigenvalue weighted by atomic mass is 10.1. The highest BCUT2D eigenvalue weighted by molar-refractivity contribution is 5.74. The van der Waals surface area contributed by atoms with Gasteiger partial charge in [0.2, 0.25) is 0 Å². The van der Waals surface area contributed by atoms with Crippen molar-refractivity contribution in [3.63, 3.8) is 0 Å². The maximum absolute atomic E-state index is 10.7. The summed E-state index contributed by atoms with van der Waals surface area (Å²) >= 11 is 0. The number of aryl methyl sites for hydroxylation is 1. The Morgan fingerprint density at radius 1 is 1.04 bits per heavy atom. The van der Waals surface area contributed by atoms with Crippen LogP contribution in [0.2, 0.25) is 0 Å². The molecule has 0 amide bonds. The quantitative estimate of drug-likeness (QED) is 0.573. The first-order valence-electron chi connectivity index (χ1n) is 7.03. The number of aromatic nitrogens is 1. The third-order valence-corrected chi connectivity index (χ3v) is 3.67. The fraction of sp³-hybridized carbons (Fsp3) is 0.0556. The predicted molar refractivity (Wildman–Crippen MR) is 87.8 cm³/mol. The molecule has 0 aliphatic carbocycles. The molecule has 0 saturated carbocycles. The van der Waals surface area contributed by atoms with Gasteiger partial charge in [-0.15, -0.1) is 0 Å². The molecule has 0 spiro atoms. The van der Waals surface area contributed by atoms with E-state index in [4.69, 9.17) is 0 Å². The smallest absolute Gasteiger partial charge is 0.269 e. The van der Waals surface area contributed by atoms with Crippen molar-refractivity contribution < 1.29 is 4.92 Å². The lowest BCUT2D eigenvalue weighted by molar-refractivity contribution is -0.384. The third kappa shape index (κ3) is 2.83. The number of aromatic amines is 1. The van der Waals surface area contributed by atoms with Crippen molar-refractivity contribution in [2.75, 3.05) is 0 Å². The number of rotatable bonds is 3. The Hall–Kier alpha value is -3.39. The van der Waals surface area contributed by atoms with E-state index in [1.807, 2.05) is 31.2 Å². The summed E-state index contributed by atoms with van der Waals surface area (Å²) in [6.07, 6.45) is 0. The Balaban J connectivity index is 2.03. The number of nitrogens with one attached hydrogen (secondary N) is 1. The first-order chi connectivity index (χ1) is 11.1. The standard InChI is InChI=1S/C18H13N3O2/c1-12-2-4-14(5-3-12)18-15(11-19)10-17(20-18)13-6-8-16(9-7-13)21(22)23/h2-10,20H,1H3. The molecule has 0 saturated heterocycles. The zero-order valence-electron chi connectivity index (χ0n) is 12.4. The largest absolute Gasteiger partial charge is 0.353 e. The van der Waals surface area contributed by atoms with Crippen molar-refractivity contribution in [3.8, 4) is 28.6 Å². The highest BCUT2D eigenvalue weighted by atomic mass is 16.6. The lowest BCUT2D eigenvalue weighted by Gasteiger charge is -2.01. The first-order valence-corrected chi connectivity index (χ1v) is 7.03. The summed E-state index contributed by atoms with van der Waals surface area (Å²) < 4.78 is 0. The van der Waals surface area contributed by atoms with E-state index in [1.54, 1.807) is 18.2 Å². The molecule has 112 valence electrons. The minimum atomic E-state index is -0.434. The molecular formula is C18H13N3O2. The SMILES string of the molecule is Cc1ccc(-c2[nH]c(-c3ccc([N+](=O)[O-])cc3)cc2C#N)cc1. The number of nitriles is 1. The molecule has 1 N–H and O–H groups in total. The lowest BCUT2D eigenvalue weighted by Crippen LogP contribution is -1.87. The van der Waals surface area contributed by atoms with Crippen molar-refractivity contribution in [1.82, 2.24) is 4.98 Å². The van der Waals surface area contributed by atoms with Crippen molar-refractivity contribution in [3.05, 3.63) is 75.8 Å². The number of nitro benzene ring substituents is 1.